The van der Waals surface area contributed by atoms with Crippen molar-refractivity contribution in [3.63, 3.8) is 0 Å². The first-order valence-corrected chi connectivity index (χ1v) is 5.58. The number of hydrogen-bond acceptors (Lipinski definition) is 2. The summed E-state index contributed by atoms with van der Waals surface area (Å²) >= 11 is 0. The van der Waals surface area contributed by atoms with Gasteiger partial charge in [0.2, 0.25) is 5.91 Å². The molecule has 0 radical (unpaired) electrons. The van der Waals surface area contributed by atoms with Gasteiger partial charge in [-0.2, -0.15) is 5.10 Å². The number of rotatable bonds is 4. The number of aromatic nitrogens is 2. The average Bonchev–Trinajstić information content (AvgIpc) is 2.79. The van der Waals surface area contributed by atoms with E-state index in [0.29, 0.717) is 13.0 Å². The normalized spacial score (nSPS) is 10.2. The Labute approximate surface area is 100 Å². The van der Waals surface area contributed by atoms with Crippen molar-refractivity contribution in [2.45, 2.75) is 19.9 Å². The van der Waals surface area contributed by atoms with E-state index in [1.54, 1.807) is 10.9 Å². The first-order chi connectivity index (χ1) is 8.24. The molecule has 0 aliphatic carbocycles. The van der Waals surface area contributed by atoms with Gasteiger partial charge in [0, 0.05) is 31.0 Å². The molecule has 0 fully saturated rings. The molecule has 0 aliphatic heterocycles. The molecule has 0 atom stereocenters. The maximum atomic E-state index is 11.7. The van der Waals surface area contributed by atoms with E-state index in [4.69, 9.17) is 0 Å². The number of aryl methyl sites for hydroxylation is 2. The van der Waals surface area contributed by atoms with E-state index in [2.05, 4.69) is 10.4 Å². The van der Waals surface area contributed by atoms with Gasteiger partial charge in [-0.15, -0.1) is 0 Å². The average molecular weight is 229 g/mol. The summed E-state index contributed by atoms with van der Waals surface area (Å²) in [5, 5.41) is 6.91. The highest BCUT2D eigenvalue weighted by Gasteiger charge is 2.02. The highest BCUT2D eigenvalue weighted by molar-refractivity contribution is 5.90. The summed E-state index contributed by atoms with van der Waals surface area (Å²) in [5.74, 6) is 0.00565. The second kappa shape index (κ2) is 5.30. The predicted octanol–water partition coefficient (Wildman–Crippen LogP) is 2.22. The van der Waals surface area contributed by atoms with Gasteiger partial charge in [0.1, 0.15) is 0 Å². The van der Waals surface area contributed by atoms with Gasteiger partial charge >= 0.3 is 0 Å². The van der Waals surface area contributed by atoms with Crippen molar-refractivity contribution in [1.29, 1.82) is 0 Å². The molecule has 4 heteroatoms. The molecule has 1 N–H and O–H groups in total. The Morgan fingerprint density at radius 2 is 2.29 bits per heavy atom. The fourth-order valence-electron chi connectivity index (χ4n) is 1.60. The standard InChI is InChI=1S/C13H15N3O/c1-11-4-2-5-12(10-11)15-13(17)6-9-16-8-3-7-14-16/h2-5,7-8,10H,6,9H2,1H3,(H,15,17). The Morgan fingerprint density at radius 1 is 1.41 bits per heavy atom. The van der Waals surface area contributed by atoms with Crippen molar-refractivity contribution in [2.24, 2.45) is 0 Å². The van der Waals surface area contributed by atoms with Gasteiger partial charge < -0.3 is 5.32 Å². The highest BCUT2D eigenvalue weighted by atomic mass is 16.1. The van der Waals surface area contributed by atoms with Crippen molar-refractivity contribution in [2.75, 3.05) is 5.32 Å². The highest BCUT2D eigenvalue weighted by Crippen LogP contribution is 2.09. The van der Waals surface area contributed by atoms with Crippen LogP contribution >= 0.6 is 0 Å². The number of carbonyl (C=O) groups excluding carboxylic acids is 1. The number of hydrogen-bond donors (Lipinski definition) is 1. The Morgan fingerprint density at radius 3 is 3.00 bits per heavy atom. The second-order valence-electron chi connectivity index (χ2n) is 3.94. The van der Waals surface area contributed by atoms with Crippen LogP contribution in [0, 0.1) is 6.92 Å². The van der Waals surface area contributed by atoms with Crippen molar-refractivity contribution in [1.82, 2.24) is 9.78 Å². The third-order valence-electron chi connectivity index (χ3n) is 2.43. The molecule has 0 bridgehead atoms. The zero-order chi connectivity index (χ0) is 12.1. The van der Waals surface area contributed by atoms with E-state index in [1.165, 1.54) is 0 Å². The number of nitrogens with zero attached hydrogens (tertiary/aromatic N) is 2. The van der Waals surface area contributed by atoms with Crippen LogP contribution in [0.1, 0.15) is 12.0 Å². The van der Waals surface area contributed by atoms with Gasteiger partial charge in [-0.05, 0) is 30.7 Å². The van der Waals surface area contributed by atoms with Crippen LogP contribution in [0.25, 0.3) is 0 Å². The zero-order valence-electron chi connectivity index (χ0n) is 9.76. The van der Waals surface area contributed by atoms with Crippen LogP contribution in [0.15, 0.2) is 42.7 Å². The smallest absolute Gasteiger partial charge is 0.226 e. The van der Waals surface area contributed by atoms with Crippen LogP contribution in [0.4, 0.5) is 5.69 Å². The fourth-order valence-corrected chi connectivity index (χ4v) is 1.60. The number of benzene rings is 1. The Kier molecular flexibility index (Phi) is 3.55. The minimum atomic E-state index is 0.00565. The summed E-state index contributed by atoms with van der Waals surface area (Å²) < 4.78 is 1.75. The summed E-state index contributed by atoms with van der Waals surface area (Å²) in [6.07, 6.45) is 3.98. The second-order valence-corrected chi connectivity index (χ2v) is 3.94. The van der Waals surface area contributed by atoms with Crippen LogP contribution in [0.5, 0.6) is 0 Å². The molecule has 0 aliphatic rings. The number of carbonyl (C=O) groups is 1. The molecule has 2 aromatic rings. The molecule has 0 saturated carbocycles. The van der Waals surface area contributed by atoms with E-state index < -0.39 is 0 Å². The molecule has 0 saturated heterocycles. The van der Waals surface area contributed by atoms with Crippen molar-refractivity contribution in [3.8, 4) is 0 Å². The molecular weight excluding hydrogens is 214 g/mol. The lowest BCUT2D eigenvalue weighted by atomic mass is 10.2. The van der Waals surface area contributed by atoms with Crippen molar-refractivity contribution in [3.05, 3.63) is 48.3 Å². The Balaban J connectivity index is 1.85. The first-order valence-electron chi connectivity index (χ1n) is 5.58. The zero-order valence-corrected chi connectivity index (χ0v) is 9.76. The minimum absolute atomic E-state index is 0.00565. The van der Waals surface area contributed by atoms with Gasteiger partial charge in [-0.3, -0.25) is 9.48 Å². The first kappa shape index (κ1) is 11.4. The summed E-state index contributed by atoms with van der Waals surface area (Å²) in [4.78, 5) is 11.7. The number of amides is 1. The van der Waals surface area contributed by atoms with Crippen molar-refractivity contribution < 1.29 is 4.79 Å². The van der Waals surface area contributed by atoms with Gasteiger partial charge in [-0.1, -0.05) is 12.1 Å². The number of nitrogens with one attached hydrogen (secondary N) is 1. The van der Waals surface area contributed by atoms with Crippen LogP contribution in [-0.4, -0.2) is 15.7 Å². The maximum Gasteiger partial charge on any atom is 0.226 e. The quantitative estimate of drug-likeness (QED) is 0.873. The third-order valence-corrected chi connectivity index (χ3v) is 2.43. The summed E-state index contributed by atoms with van der Waals surface area (Å²) in [5.41, 5.74) is 1.98. The van der Waals surface area contributed by atoms with Crippen LogP contribution < -0.4 is 5.32 Å². The van der Waals surface area contributed by atoms with E-state index in [0.717, 1.165) is 11.3 Å². The van der Waals surface area contributed by atoms with Gasteiger partial charge in [0.25, 0.3) is 0 Å². The SMILES string of the molecule is Cc1cccc(NC(=O)CCn2cccn2)c1. The molecule has 0 unspecified atom stereocenters. The Bertz CT molecular complexity index is 491. The minimum Gasteiger partial charge on any atom is -0.326 e. The van der Waals surface area contributed by atoms with E-state index >= 15 is 0 Å². The van der Waals surface area contributed by atoms with Crippen molar-refractivity contribution >= 4 is 11.6 Å². The molecular formula is C13H15N3O. The molecule has 1 aromatic heterocycles. The van der Waals surface area contributed by atoms with Gasteiger partial charge in [0.05, 0.1) is 0 Å². The topological polar surface area (TPSA) is 46.9 Å². The third kappa shape index (κ3) is 3.45. The van der Waals surface area contributed by atoms with Gasteiger partial charge in [0.15, 0.2) is 0 Å². The molecule has 0 spiro atoms. The van der Waals surface area contributed by atoms with E-state index in [9.17, 15) is 4.79 Å². The molecule has 4 nitrogen and oxygen atoms in total. The molecule has 88 valence electrons. The molecule has 1 aromatic carbocycles. The predicted molar refractivity (Wildman–Crippen MR) is 66.7 cm³/mol. The lowest BCUT2D eigenvalue weighted by Crippen LogP contribution is -2.14. The summed E-state index contributed by atoms with van der Waals surface area (Å²) in [6.45, 7) is 2.60. The molecule has 1 heterocycles. The summed E-state index contributed by atoms with van der Waals surface area (Å²) in [7, 11) is 0. The summed E-state index contributed by atoms with van der Waals surface area (Å²) in [6, 6.07) is 9.61. The van der Waals surface area contributed by atoms with Crippen LogP contribution in [-0.2, 0) is 11.3 Å². The molecule has 17 heavy (non-hydrogen) atoms. The van der Waals surface area contributed by atoms with E-state index in [-0.39, 0.29) is 5.91 Å². The monoisotopic (exact) mass is 229 g/mol. The fraction of sp³-hybridized carbons (Fsp3) is 0.231. The number of anilines is 1. The van der Waals surface area contributed by atoms with Crippen LogP contribution in [0.2, 0.25) is 0 Å². The lowest BCUT2D eigenvalue weighted by molar-refractivity contribution is -0.116. The molecule has 1 amide bonds. The maximum absolute atomic E-state index is 11.7. The van der Waals surface area contributed by atoms with Gasteiger partial charge in [-0.25, -0.2) is 0 Å². The molecule has 2 rings (SSSR count). The van der Waals surface area contributed by atoms with E-state index in [1.807, 2.05) is 43.5 Å². The Hall–Kier alpha value is -2.10. The lowest BCUT2D eigenvalue weighted by Gasteiger charge is -2.06. The van der Waals surface area contributed by atoms with Crippen LogP contribution in [0.3, 0.4) is 0 Å². The largest absolute Gasteiger partial charge is 0.326 e.